The summed E-state index contributed by atoms with van der Waals surface area (Å²) in [4.78, 5) is 4.19. The fourth-order valence-corrected chi connectivity index (χ4v) is 1.40. The molecule has 0 atom stereocenters. The molecule has 0 fully saturated rings. The van der Waals surface area contributed by atoms with Gasteiger partial charge in [0.05, 0.1) is 5.69 Å². The number of furan rings is 1. The van der Waals surface area contributed by atoms with Gasteiger partial charge in [-0.25, -0.2) is 0 Å². The van der Waals surface area contributed by atoms with Crippen molar-refractivity contribution >= 4 is 11.0 Å². The minimum atomic E-state index is 0.437. The predicted molar refractivity (Wildman–Crippen MR) is 52.8 cm³/mol. The van der Waals surface area contributed by atoms with E-state index in [0.29, 0.717) is 5.92 Å². The van der Waals surface area contributed by atoms with Crippen molar-refractivity contribution in [3.63, 3.8) is 0 Å². The van der Waals surface area contributed by atoms with Crippen LogP contribution in [0.5, 0.6) is 0 Å². The Morgan fingerprint density at radius 1 is 1.38 bits per heavy atom. The third kappa shape index (κ3) is 1.32. The summed E-state index contributed by atoms with van der Waals surface area (Å²) < 4.78 is 5.70. The maximum Gasteiger partial charge on any atom is 0.155 e. The van der Waals surface area contributed by atoms with Crippen LogP contribution in [0.25, 0.3) is 11.0 Å². The average Bonchev–Trinajstić information content (AvgIpc) is 2.49. The highest BCUT2D eigenvalue weighted by Gasteiger charge is 2.08. The average molecular weight is 175 g/mol. The van der Waals surface area contributed by atoms with Crippen molar-refractivity contribution in [3.05, 3.63) is 29.8 Å². The number of aromatic nitrogens is 1. The molecule has 0 unspecified atom stereocenters. The van der Waals surface area contributed by atoms with Crippen molar-refractivity contribution < 1.29 is 4.42 Å². The Labute approximate surface area is 77.6 Å². The first kappa shape index (κ1) is 8.30. The van der Waals surface area contributed by atoms with Crippen LogP contribution in [-0.2, 0) is 0 Å². The van der Waals surface area contributed by atoms with E-state index in [1.807, 2.05) is 19.2 Å². The topological polar surface area (TPSA) is 26.0 Å². The van der Waals surface area contributed by atoms with Crippen molar-refractivity contribution in [1.82, 2.24) is 4.98 Å². The van der Waals surface area contributed by atoms with Crippen LogP contribution in [0.4, 0.5) is 0 Å². The van der Waals surface area contributed by atoms with E-state index < -0.39 is 0 Å². The van der Waals surface area contributed by atoms with Gasteiger partial charge in [0.1, 0.15) is 5.76 Å². The Balaban J connectivity index is 2.68. The van der Waals surface area contributed by atoms with Crippen LogP contribution < -0.4 is 0 Å². The lowest BCUT2D eigenvalue weighted by atomic mass is 10.1. The fraction of sp³-hybridized carbons (Fsp3) is 0.364. The summed E-state index contributed by atoms with van der Waals surface area (Å²) in [7, 11) is 0. The van der Waals surface area contributed by atoms with Crippen molar-refractivity contribution in [2.45, 2.75) is 26.7 Å². The van der Waals surface area contributed by atoms with Gasteiger partial charge in [-0.2, -0.15) is 0 Å². The second-order valence-corrected chi connectivity index (χ2v) is 3.62. The van der Waals surface area contributed by atoms with Crippen molar-refractivity contribution in [3.8, 4) is 0 Å². The first-order valence-electron chi connectivity index (χ1n) is 4.53. The molecule has 0 radical (unpaired) electrons. The zero-order chi connectivity index (χ0) is 9.42. The van der Waals surface area contributed by atoms with Gasteiger partial charge in [0, 0.05) is 17.5 Å². The van der Waals surface area contributed by atoms with Crippen LogP contribution >= 0.6 is 0 Å². The van der Waals surface area contributed by atoms with E-state index >= 15 is 0 Å². The molecule has 0 aliphatic carbocycles. The molecule has 0 amide bonds. The highest BCUT2D eigenvalue weighted by molar-refractivity contribution is 5.79. The zero-order valence-corrected chi connectivity index (χ0v) is 8.16. The first-order chi connectivity index (χ1) is 6.18. The fourth-order valence-electron chi connectivity index (χ4n) is 1.40. The molecule has 2 nitrogen and oxygen atoms in total. The van der Waals surface area contributed by atoms with Gasteiger partial charge in [-0.15, -0.1) is 0 Å². The molecule has 0 aliphatic rings. The highest BCUT2D eigenvalue weighted by atomic mass is 16.3. The normalized spacial score (nSPS) is 11.4. The van der Waals surface area contributed by atoms with Gasteiger partial charge in [-0.05, 0) is 19.1 Å². The summed E-state index contributed by atoms with van der Waals surface area (Å²) in [5, 5.41) is 1.15. The summed E-state index contributed by atoms with van der Waals surface area (Å²) in [5.41, 5.74) is 1.88. The Hall–Kier alpha value is -1.31. The molecule has 0 saturated heterocycles. The first-order valence-corrected chi connectivity index (χ1v) is 4.53. The van der Waals surface area contributed by atoms with E-state index in [4.69, 9.17) is 4.42 Å². The Morgan fingerprint density at radius 2 is 2.15 bits per heavy atom. The number of fused-ring (bicyclic) bond motifs is 1. The summed E-state index contributed by atoms with van der Waals surface area (Å²) in [6.07, 6.45) is 1.82. The van der Waals surface area contributed by atoms with Crippen molar-refractivity contribution in [1.29, 1.82) is 0 Å². The van der Waals surface area contributed by atoms with Gasteiger partial charge >= 0.3 is 0 Å². The van der Waals surface area contributed by atoms with E-state index in [1.54, 1.807) is 0 Å². The van der Waals surface area contributed by atoms with E-state index in [-0.39, 0.29) is 0 Å². The number of nitrogens with zero attached hydrogens (tertiary/aromatic N) is 1. The Morgan fingerprint density at radius 3 is 2.77 bits per heavy atom. The molecule has 0 N–H and O–H groups in total. The van der Waals surface area contributed by atoms with E-state index in [9.17, 15) is 0 Å². The smallest absolute Gasteiger partial charge is 0.155 e. The molecule has 0 aromatic carbocycles. The van der Waals surface area contributed by atoms with E-state index in [1.165, 1.54) is 0 Å². The molecule has 0 spiro atoms. The molecule has 0 aliphatic heterocycles. The number of hydrogen-bond donors (Lipinski definition) is 0. The highest BCUT2D eigenvalue weighted by Crippen LogP contribution is 2.25. The molecule has 2 heteroatoms. The predicted octanol–water partition coefficient (Wildman–Crippen LogP) is 3.26. The molecule has 2 heterocycles. The molecule has 0 saturated carbocycles. The third-order valence-electron chi connectivity index (χ3n) is 2.20. The molecule has 68 valence electrons. The Bertz CT molecular complexity index is 429. The third-order valence-corrected chi connectivity index (χ3v) is 2.20. The van der Waals surface area contributed by atoms with Crippen LogP contribution in [0.15, 0.2) is 22.7 Å². The quantitative estimate of drug-likeness (QED) is 0.664. The Kier molecular flexibility index (Phi) is 1.83. The second kappa shape index (κ2) is 2.87. The van der Waals surface area contributed by atoms with E-state index in [0.717, 1.165) is 22.4 Å². The number of rotatable bonds is 1. The SMILES string of the molecule is Cc1nccc2cc(C(C)C)oc12. The van der Waals surface area contributed by atoms with Gasteiger partial charge in [0.25, 0.3) is 0 Å². The number of pyridine rings is 1. The number of hydrogen-bond acceptors (Lipinski definition) is 2. The molecule has 2 aromatic rings. The molecule has 2 rings (SSSR count). The maximum absolute atomic E-state index is 5.70. The van der Waals surface area contributed by atoms with Gasteiger partial charge in [-0.1, -0.05) is 13.8 Å². The summed E-state index contributed by atoms with van der Waals surface area (Å²) in [5.74, 6) is 1.47. The van der Waals surface area contributed by atoms with Crippen LogP contribution in [0.2, 0.25) is 0 Å². The molecular formula is C11H13NO. The summed E-state index contributed by atoms with van der Waals surface area (Å²) in [6, 6.07) is 4.08. The van der Waals surface area contributed by atoms with Crippen molar-refractivity contribution in [2.75, 3.05) is 0 Å². The lowest BCUT2D eigenvalue weighted by Gasteiger charge is -1.96. The molecule has 0 bridgehead atoms. The molecule has 13 heavy (non-hydrogen) atoms. The van der Waals surface area contributed by atoms with Gasteiger partial charge in [0.2, 0.25) is 0 Å². The maximum atomic E-state index is 5.70. The van der Waals surface area contributed by atoms with Gasteiger partial charge in [0.15, 0.2) is 5.58 Å². The molecule has 2 aromatic heterocycles. The van der Waals surface area contributed by atoms with Crippen LogP contribution in [0.3, 0.4) is 0 Å². The van der Waals surface area contributed by atoms with Crippen LogP contribution in [0.1, 0.15) is 31.2 Å². The monoisotopic (exact) mass is 175 g/mol. The second-order valence-electron chi connectivity index (χ2n) is 3.62. The minimum absolute atomic E-state index is 0.437. The van der Waals surface area contributed by atoms with Crippen LogP contribution in [0, 0.1) is 6.92 Å². The van der Waals surface area contributed by atoms with E-state index in [2.05, 4.69) is 24.9 Å². The van der Waals surface area contributed by atoms with Crippen molar-refractivity contribution in [2.24, 2.45) is 0 Å². The minimum Gasteiger partial charge on any atom is -0.459 e. The van der Waals surface area contributed by atoms with Gasteiger partial charge in [-0.3, -0.25) is 4.98 Å². The zero-order valence-electron chi connectivity index (χ0n) is 8.16. The number of aryl methyl sites for hydroxylation is 1. The molecular weight excluding hydrogens is 162 g/mol. The largest absolute Gasteiger partial charge is 0.459 e. The lowest BCUT2D eigenvalue weighted by Crippen LogP contribution is -1.80. The lowest BCUT2D eigenvalue weighted by molar-refractivity contribution is 0.519. The van der Waals surface area contributed by atoms with Gasteiger partial charge < -0.3 is 4.42 Å². The summed E-state index contributed by atoms with van der Waals surface area (Å²) >= 11 is 0. The van der Waals surface area contributed by atoms with Crippen LogP contribution in [-0.4, -0.2) is 4.98 Å². The standard InChI is InChI=1S/C11H13NO/c1-7(2)10-6-9-4-5-12-8(3)11(9)13-10/h4-7H,1-3H3. The summed E-state index contributed by atoms with van der Waals surface area (Å²) in [6.45, 7) is 6.22.